The number of ether oxygens (including phenoxy) is 1. The molecule has 1 aromatic carbocycles. The zero-order valence-electron chi connectivity index (χ0n) is 18.9. The lowest BCUT2D eigenvalue weighted by atomic mass is 9.85. The number of likely N-dealkylation sites (tertiary alicyclic amines) is 1. The van der Waals surface area contributed by atoms with Gasteiger partial charge in [0.15, 0.2) is 0 Å². The molecule has 1 amide bonds. The molecule has 3 rings (SSSR count). The van der Waals surface area contributed by atoms with Gasteiger partial charge in [0.1, 0.15) is 0 Å². The minimum Gasteiger partial charge on any atom is -0.382 e. The molecule has 0 saturated carbocycles. The molecule has 0 spiro atoms. The lowest BCUT2D eigenvalue weighted by Crippen LogP contribution is -2.60. The topological polar surface area (TPSA) is 85.5 Å². The van der Waals surface area contributed by atoms with Crippen molar-refractivity contribution in [1.82, 2.24) is 24.7 Å². The Hall–Kier alpha value is -2.52. The van der Waals surface area contributed by atoms with Crippen molar-refractivity contribution in [2.45, 2.75) is 58.2 Å². The molecule has 31 heavy (non-hydrogen) atoms. The average Bonchev–Trinajstić information content (AvgIpc) is 3.14. The zero-order chi connectivity index (χ0) is 22.3. The normalized spacial score (nSPS) is 16.4. The van der Waals surface area contributed by atoms with Crippen LogP contribution in [-0.4, -0.2) is 69.5 Å². The highest BCUT2D eigenvalue weighted by Gasteiger charge is 2.42. The van der Waals surface area contributed by atoms with Crippen molar-refractivity contribution in [2.75, 3.05) is 38.3 Å². The van der Waals surface area contributed by atoms with E-state index in [0.29, 0.717) is 26.1 Å². The molecule has 0 bridgehead atoms. The van der Waals surface area contributed by atoms with E-state index < -0.39 is 0 Å². The first-order valence-corrected chi connectivity index (χ1v) is 11.1. The Morgan fingerprint density at radius 3 is 2.29 bits per heavy atom. The molecule has 1 aliphatic rings. The van der Waals surface area contributed by atoms with E-state index in [1.165, 1.54) is 9.36 Å². The van der Waals surface area contributed by atoms with Gasteiger partial charge in [-0.2, -0.15) is 9.36 Å². The van der Waals surface area contributed by atoms with Crippen LogP contribution in [0.5, 0.6) is 0 Å². The molecule has 1 aliphatic heterocycles. The van der Waals surface area contributed by atoms with E-state index in [0.717, 1.165) is 44.6 Å². The number of amides is 1. The number of tetrazole rings is 1. The highest BCUT2D eigenvalue weighted by molar-refractivity contribution is 5.94. The summed E-state index contributed by atoms with van der Waals surface area (Å²) in [5, 5.41) is 7.94. The summed E-state index contributed by atoms with van der Waals surface area (Å²) in [6.45, 7) is 7.86. The largest absolute Gasteiger partial charge is 0.382 e. The van der Waals surface area contributed by atoms with Crippen LogP contribution in [-0.2, 0) is 22.6 Å². The van der Waals surface area contributed by atoms with Crippen LogP contribution in [0.4, 0.5) is 5.69 Å². The number of nitrogens with zero attached hydrogens (tertiary/aromatic N) is 6. The second-order valence-corrected chi connectivity index (χ2v) is 8.12. The van der Waals surface area contributed by atoms with Gasteiger partial charge in [0.2, 0.25) is 5.91 Å². The second kappa shape index (κ2) is 10.7. The van der Waals surface area contributed by atoms with Gasteiger partial charge in [-0.3, -0.25) is 4.79 Å². The summed E-state index contributed by atoms with van der Waals surface area (Å²) in [6, 6.07) is 9.86. The maximum atomic E-state index is 13.0. The molecule has 0 atom stereocenters. The molecule has 0 N–H and O–H groups in total. The van der Waals surface area contributed by atoms with Crippen LogP contribution in [0.1, 0.15) is 39.5 Å². The van der Waals surface area contributed by atoms with Gasteiger partial charge in [-0.15, -0.1) is 0 Å². The van der Waals surface area contributed by atoms with E-state index in [9.17, 15) is 9.59 Å². The van der Waals surface area contributed by atoms with E-state index in [1.54, 1.807) is 7.11 Å². The first-order valence-electron chi connectivity index (χ1n) is 11.1. The number of piperidine rings is 1. The van der Waals surface area contributed by atoms with Gasteiger partial charge in [0.25, 0.3) is 0 Å². The molecule has 2 aromatic rings. The van der Waals surface area contributed by atoms with Crippen LogP contribution in [0.25, 0.3) is 0 Å². The van der Waals surface area contributed by atoms with Gasteiger partial charge in [-0.05, 0) is 41.8 Å². The molecule has 1 aromatic heterocycles. The summed E-state index contributed by atoms with van der Waals surface area (Å²) in [4.78, 5) is 29.5. The van der Waals surface area contributed by atoms with Crippen molar-refractivity contribution in [1.29, 1.82) is 0 Å². The fourth-order valence-corrected chi connectivity index (χ4v) is 4.35. The third kappa shape index (κ3) is 5.22. The fraction of sp³-hybridized carbons (Fsp3) is 0.636. The standard InChI is InChI=1S/C22H34N6O3/c1-4-13-26-21(30)27(24-23-26)17-16-25-14-11-22(12-15-25,18-31-3)28(20(29)5-2)19-9-7-6-8-10-19/h6-10H,4-5,11-18H2,1-3H3. The van der Waals surface area contributed by atoms with Crippen LogP contribution in [0.2, 0.25) is 0 Å². The number of benzene rings is 1. The van der Waals surface area contributed by atoms with Crippen LogP contribution in [0.3, 0.4) is 0 Å². The molecule has 0 radical (unpaired) electrons. The van der Waals surface area contributed by atoms with Crippen molar-refractivity contribution in [2.24, 2.45) is 0 Å². The summed E-state index contributed by atoms with van der Waals surface area (Å²) in [6.07, 6.45) is 2.90. The number of carbonyl (C=O) groups excluding carboxylic acids is 1. The Morgan fingerprint density at radius 1 is 1.06 bits per heavy atom. The Balaban J connectivity index is 1.69. The van der Waals surface area contributed by atoms with Crippen LogP contribution >= 0.6 is 0 Å². The molecule has 9 heteroatoms. The zero-order valence-corrected chi connectivity index (χ0v) is 18.9. The number of hydrogen-bond acceptors (Lipinski definition) is 6. The number of para-hydroxylation sites is 1. The van der Waals surface area contributed by atoms with E-state index in [1.807, 2.05) is 49.1 Å². The third-order valence-corrected chi connectivity index (χ3v) is 6.00. The molecule has 9 nitrogen and oxygen atoms in total. The maximum absolute atomic E-state index is 13.0. The molecule has 0 aliphatic carbocycles. The molecule has 170 valence electrons. The highest BCUT2D eigenvalue weighted by Crippen LogP contribution is 2.34. The number of aryl methyl sites for hydroxylation is 1. The van der Waals surface area contributed by atoms with Crippen molar-refractivity contribution >= 4 is 11.6 Å². The third-order valence-electron chi connectivity index (χ3n) is 6.00. The van der Waals surface area contributed by atoms with E-state index >= 15 is 0 Å². The van der Waals surface area contributed by atoms with Gasteiger partial charge >= 0.3 is 5.69 Å². The Morgan fingerprint density at radius 2 is 1.71 bits per heavy atom. The number of hydrogen-bond donors (Lipinski definition) is 0. The highest BCUT2D eigenvalue weighted by atomic mass is 16.5. The van der Waals surface area contributed by atoms with Crippen molar-refractivity contribution in [3.63, 3.8) is 0 Å². The molecule has 1 fully saturated rings. The van der Waals surface area contributed by atoms with Gasteiger partial charge in [-0.1, -0.05) is 32.0 Å². The van der Waals surface area contributed by atoms with Gasteiger partial charge in [0.05, 0.1) is 18.7 Å². The molecule has 1 saturated heterocycles. The molecule has 2 heterocycles. The minimum absolute atomic E-state index is 0.107. The van der Waals surface area contributed by atoms with Gasteiger partial charge in [-0.25, -0.2) is 4.79 Å². The number of carbonyl (C=O) groups is 1. The number of methoxy groups -OCH3 is 1. The Bertz CT molecular complexity index is 886. The van der Waals surface area contributed by atoms with Crippen LogP contribution < -0.4 is 10.6 Å². The quantitative estimate of drug-likeness (QED) is 0.571. The number of aromatic nitrogens is 4. The average molecular weight is 431 g/mol. The van der Waals surface area contributed by atoms with E-state index in [-0.39, 0.29) is 17.1 Å². The SMILES string of the molecule is CCCn1nnn(CCN2CCC(COC)(N(C(=O)CC)c3ccccc3)CC2)c1=O. The summed E-state index contributed by atoms with van der Waals surface area (Å²) in [5.41, 5.74) is 0.385. The summed E-state index contributed by atoms with van der Waals surface area (Å²) in [5.74, 6) is 0.107. The second-order valence-electron chi connectivity index (χ2n) is 8.12. The fourth-order valence-electron chi connectivity index (χ4n) is 4.35. The van der Waals surface area contributed by atoms with Gasteiger partial charge in [0, 0.05) is 45.4 Å². The smallest absolute Gasteiger partial charge is 0.363 e. The number of anilines is 1. The first-order chi connectivity index (χ1) is 15.0. The monoisotopic (exact) mass is 430 g/mol. The van der Waals surface area contributed by atoms with E-state index in [2.05, 4.69) is 15.3 Å². The Labute approximate surface area is 183 Å². The summed E-state index contributed by atoms with van der Waals surface area (Å²) >= 11 is 0. The summed E-state index contributed by atoms with van der Waals surface area (Å²) < 4.78 is 8.45. The van der Waals surface area contributed by atoms with Crippen molar-refractivity contribution in [3.8, 4) is 0 Å². The number of rotatable bonds is 10. The molecular weight excluding hydrogens is 396 g/mol. The van der Waals surface area contributed by atoms with E-state index in [4.69, 9.17) is 4.74 Å². The van der Waals surface area contributed by atoms with Gasteiger partial charge < -0.3 is 14.5 Å². The molecule has 0 unspecified atom stereocenters. The predicted molar refractivity (Wildman–Crippen MR) is 119 cm³/mol. The summed E-state index contributed by atoms with van der Waals surface area (Å²) in [7, 11) is 1.69. The first kappa shape index (κ1) is 23.1. The Kier molecular flexibility index (Phi) is 7.97. The van der Waals surface area contributed by atoms with Crippen LogP contribution in [0.15, 0.2) is 35.1 Å². The lowest BCUT2D eigenvalue weighted by molar-refractivity contribution is -0.120. The minimum atomic E-state index is -0.374. The van der Waals surface area contributed by atoms with Crippen molar-refractivity contribution in [3.05, 3.63) is 40.8 Å². The lowest BCUT2D eigenvalue weighted by Gasteiger charge is -2.48. The van der Waals surface area contributed by atoms with Crippen molar-refractivity contribution < 1.29 is 9.53 Å². The molecular formula is C22H34N6O3. The van der Waals surface area contributed by atoms with Crippen LogP contribution in [0, 0.1) is 0 Å². The maximum Gasteiger partial charge on any atom is 0.363 e. The predicted octanol–water partition coefficient (Wildman–Crippen LogP) is 1.77.